The lowest BCUT2D eigenvalue weighted by Gasteiger charge is -2.24. The van der Waals surface area contributed by atoms with Gasteiger partial charge in [-0.25, -0.2) is 9.79 Å². The van der Waals surface area contributed by atoms with Crippen LogP contribution in [0.4, 0.5) is 0 Å². The Bertz CT molecular complexity index is 1500. The molecule has 1 aliphatic heterocycles. The highest BCUT2D eigenvalue weighted by molar-refractivity contribution is 7.07. The molecule has 0 spiro atoms. The van der Waals surface area contributed by atoms with E-state index in [9.17, 15) is 9.59 Å². The molecule has 0 fully saturated rings. The predicted molar refractivity (Wildman–Crippen MR) is 142 cm³/mol. The summed E-state index contributed by atoms with van der Waals surface area (Å²) in [5.74, 6) is 1.43. The summed E-state index contributed by atoms with van der Waals surface area (Å²) in [4.78, 5) is 31.9. The number of hydrogen-bond donors (Lipinski definition) is 0. The van der Waals surface area contributed by atoms with E-state index in [-0.39, 0.29) is 12.2 Å². The van der Waals surface area contributed by atoms with E-state index < -0.39 is 12.0 Å². The van der Waals surface area contributed by atoms with Gasteiger partial charge in [0.15, 0.2) is 16.3 Å². The molecule has 4 rings (SSSR count). The van der Waals surface area contributed by atoms with Gasteiger partial charge in [-0.2, -0.15) is 0 Å². The number of aromatic nitrogens is 1. The van der Waals surface area contributed by atoms with Gasteiger partial charge < -0.3 is 18.9 Å². The van der Waals surface area contributed by atoms with Crippen LogP contribution in [0, 0.1) is 0 Å². The van der Waals surface area contributed by atoms with Crippen LogP contribution in [0.3, 0.4) is 0 Å². The second kappa shape index (κ2) is 11.5. The maximum Gasteiger partial charge on any atom is 0.338 e. The highest BCUT2D eigenvalue weighted by Gasteiger charge is 2.33. The van der Waals surface area contributed by atoms with E-state index in [0.29, 0.717) is 51.1 Å². The van der Waals surface area contributed by atoms with E-state index >= 15 is 0 Å². The third kappa shape index (κ3) is 5.32. The molecule has 0 aliphatic carbocycles. The van der Waals surface area contributed by atoms with Crippen molar-refractivity contribution < 1.29 is 23.7 Å². The minimum atomic E-state index is -0.678. The molecule has 8 nitrogen and oxygen atoms in total. The summed E-state index contributed by atoms with van der Waals surface area (Å²) in [7, 11) is 1.58. The number of benzene rings is 2. The Hall–Kier alpha value is -3.85. The fourth-order valence-electron chi connectivity index (χ4n) is 4.22. The lowest BCUT2D eigenvalue weighted by atomic mass is 9.96. The van der Waals surface area contributed by atoms with Gasteiger partial charge in [-0.3, -0.25) is 9.36 Å². The number of methoxy groups -OCH3 is 1. The van der Waals surface area contributed by atoms with Gasteiger partial charge in [0, 0.05) is 0 Å². The second-order valence-corrected chi connectivity index (χ2v) is 9.16. The van der Waals surface area contributed by atoms with Crippen LogP contribution in [0.25, 0.3) is 6.08 Å². The zero-order valence-electron chi connectivity index (χ0n) is 21.6. The third-order valence-corrected chi connectivity index (χ3v) is 6.79. The molecular formula is C28H30N2O6S. The monoisotopic (exact) mass is 522 g/mol. The van der Waals surface area contributed by atoms with Gasteiger partial charge in [-0.05, 0) is 69.2 Å². The number of rotatable bonds is 9. The molecule has 0 radical (unpaired) electrons. The first-order valence-electron chi connectivity index (χ1n) is 12.1. The molecule has 2 aromatic carbocycles. The van der Waals surface area contributed by atoms with Crippen molar-refractivity contribution in [3.63, 3.8) is 0 Å². The van der Waals surface area contributed by atoms with Crippen LogP contribution in [0.2, 0.25) is 0 Å². The minimum absolute atomic E-state index is 0.218. The highest BCUT2D eigenvalue weighted by Crippen LogP contribution is 2.32. The molecule has 1 atom stereocenters. The lowest BCUT2D eigenvalue weighted by molar-refractivity contribution is -0.139. The Morgan fingerprint density at radius 3 is 2.41 bits per heavy atom. The smallest absolute Gasteiger partial charge is 0.338 e. The molecular weight excluding hydrogens is 492 g/mol. The van der Waals surface area contributed by atoms with E-state index in [1.54, 1.807) is 37.7 Å². The van der Waals surface area contributed by atoms with E-state index in [4.69, 9.17) is 18.9 Å². The Kier molecular flexibility index (Phi) is 8.13. The first-order valence-corrected chi connectivity index (χ1v) is 13.0. The van der Waals surface area contributed by atoms with Crippen LogP contribution in [-0.2, 0) is 9.53 Å². The fourth-order valence-corrected chi connectivity index (χ4v) is 5.27. The molecule has 0 unspecified atom stereocenters. The number of esters is 1. The quantitative estimate of drug-likeness (QED) is 0.399. The van der Waals surface area contributed by atoms with Crippen LogP contribution in [-0.4, -0.2) is 37.5 Å². The standard InChI is InChI=1S/C28H30N2O6S/c1-6-34-20-12-10-19(11-13-20)25-24(27(32)36-8-3)17(4)29-28-30(25)26(31)23(37-28)16-18-9-14-21(33-5)22(15-18)35-7-2/h9-16,25H,6-8H2,1-5H3/b23-16-/t25-/m0/s1. The number of fused-ring (bicyclic) bond motifs is 1. The molecule has 0 bridgehead atoms. The van der Waals surface area contributed by atoms with Crippen LogP contribution >= 0.6 is 11.3 Å². The number of hydrogen-bond acceptors (Lipinski definition) is 8. The van der Waals surface area contributed by atoms with Crippen molar-refractivity contribution >= 4 is 23.4 Å². The van der Waals surface area contributed by atoms with Gasteiger partial charge in [0.2, 0.25) is 0 Å². The molecule has 1 aromatic heterocycles. The first-order chi connectivity index (χ1) is 17.9. The van der Waals surface area contributed by atoms with E-state index in [1.807, 2.05) is 50.2 Å². The normalized spacial score (nSPS) is 15.2. The molecule has 194 valence electrons. The average Bonchev–Trinajstić information content (AvgIpc) is 3.18. The highest BCUT2D eigenvalue weighted by atomic mass is 32.1. The largest absolute Gasteiger partial charge is 0.494 e. The van der Waals surface area contributed by atoms with Gasteiger partial charge in [0.1, 0.15) is 5.75 Å². The van der Waals surface area contributed by atoms with E-state index in [0.717, 1.165) is 11.1 Å². The van der Waals surface area contributed by atoms with Crippen molar-refractivity contribution in [2.45, 2.75) is 33.7 Å². The number of thiazole rings is 1. The van der Waals surface area contributed by atoms with Crippen molar-refractivity contribution in [1.29, 1.82) is 0 Å². The maximum absolute atomic E-state index is 13.8. The van der Waals surface area contributed by atoms with E-state index in [2.05, 4.69) is 4.99 Å². The van der Waals surface area contributed by atoms with Gasteiger partial charge in [0.25, 0.3) is 5.56 Å². The Labute approximate surface area is 219 Å². The van der Waals surface area contributed by atoms with Crippen LogP contribution in [0.15, 0.2) is 63.5 Å². The summed E-state index contributed by atoms with van der Waals surface area (Å²) in [6.07, 6.45) is 1.80. The van der Waals surface area contributed by atoms with Crippen molar-refractivity contribution in [2.75, 3.05) is 26.9 Å². The predicted octanol–water partition coefficient (Wildman–Crippen LogP) is 3.60. The number of ether oxygens (including phenoxy) is 4. The zero-order chi connectivity index (χ0) is 26.5. The molecule has 0 N–H and O–H groups in total. The molecule has 9 heteroatoms. The number of carbonyl (C=O) groups is 1. The molecule has 2 heterocycles. The Morgan fingerprint density at radius 1 is 1.03 bits per heavy atom. The molecule has 0 amide bonds. The van der Waals surface area contributed by atoms with Crippen molar-refractivity contribution in [3.8, 4) is 17.2 Å². The van der Waals surface area contributed by atoms with E-state index in [1.165, 1.54) is 11.3 Å². The SMILES string of the molecule is CCOC(=O)C1=C(C)N=c2s/c(=C\c3ccc(OC)c(OCC)c3)c(=O)n2[C@H]1c1ccc(OCC)cc1. The van der Waals surface area contributed by atoms with Crippen molar-refractivity contribution in [2.24, 2.45) is 4.99 Å². The van der Waals surface area contributed by atoms with Gasteiger partial charge in [-0.1, -0.05) is 29.5 Å². The van der Waals surface area contributed by atoms with Crippen LogP contribution < -0.4 is 29.1 Å². The molecule has 1 aliphatic rings. The van der Waals surface area contributed by atoms with Crippen LogP contribution in [0.5, 0.6) is 17.2 Å². The van der Waals surface area contributed by atoms with Crippen molar-refractivity contribution in [3.05, 3.63) is 84.5 Å². The first kappa shape index (κ1) is 26.2. The van der Waals surface area contributed by atoms with Crippen molar-refractivity contribution in [1.82, 2.24) is 4.57 Å². The van der Waals surface area contributed by atoms with Gasteiger partial charge >= 0.3 is 5.97 Å². The third-order valence-electron chi connectivity index (χ3n) is 5.81. The molecule has 0 saturated heterocycles. The number of carbonyl (C=O) groups excluding carboxylic acids is 1. The number of allylic oxidation sites excluding steroid dienone is 1. The Balaban J connectivity index is 1.88. The van der Waals surface area contributed by atoms with Gasteiger partial charge in [0.05, 0.1) is 48.8 Å². The minimum Gasteiger partial charge on any atom is -0.494 e. The maximum atomic E-state index is 13.8. The molecule has 3 aromatic rings. The molecule has 37 heavy (non-hydrogen) atoms. The summed E-state index contributed by atoms with van der Waals surface area (Å²) in [5.41, 5.74) is 2.16. The number of nitrogens with zero attached hydrogens (tertiary/aromatic N) is 2. The fraction of sp³-hybridized carbons (Fsp3) is 0.321. The summed E-state index contributed by atoms with van der Waals surface area (Å²) in [6, 6.07) is 12.2. The van der Waals surface area contributed by atoms with Crippen LogP contribution in [0.1, 0.15) is 44.9 Å². The second-order valence-electron chi connectivity index (χ2n) is 8.15. The topological polar surface area (TPSA) is 88.4 Å². The molecule has 0 saturated carbocycles. The zero-order valence-corrected chi connectivity index (χ0v) is 22.4. The lowest BCUT2D eigenvalue weighted by Crippen LogP contribution is -2.39. The van der Waals surface area contributed by atoms with Gasteiger partial charge in [-0.15, -0.1) is 0 Å². The summed E-state index contributed by atoms with van der Waals surface area (Å²) in [5, 5.41) is 0. The Morgan fingerprint density at radius 2 is 1.76 bits per heavy atom. The average molecular weight is 523 g/mol. The summed E-state index contributed by atoms with van der Waals surface area (Å²) in [6.45, 7) is 8.57. The summed E-state index contributed by atoms with van der Waals surface area (Å²) >= 11 is 1.27. The summed E-state index contributed by atoms with van der Waals surface area (Å²) < 4.78 is 24.0.